The van der Waals surface area contributed by atoms with Crippen LogP contribution < -0.4 is 0 Å². The first-order valence-corrected chi connectivity index (χ1v) is 5.15. The summed E-state index contributed by atoms with van der Waals surface area (Å²) in [6.45, 7) is 1.98. The van der Waals surface area contributed by atoms with Gasteiger partial charge in [-0.15, -0.1) is 0 Å². The van der Waals surface area contributed by atoms with E-state index in [1.165, 1.54) is 5.57 Å². The monoisotopic (exact) mass is 188 g/mol. The van der Waals surface area contributed by atoms with Crippen molar-refractivity contribution in [3.63, 3.8) is 0 Å². The smallest absolute Gasteiger partial charge is 0.159 e. The van der Waals surface area contributed by atoms with Gasteiger partial charge < -0.3 is 0 Å². The Morgan fingerprint density at radius 3 is 2.86 bits per heavy atom. The fourth-order valence-electron chi connectivity index (χ4n) is 3.15. The largest absolute Gasteiger partial charge is 0.295 e. The van der Waals surface area contributed by atoms with E-state index in [1.807, 2.05) is 6.92 Å². The molecule has 0 bridgehead atoms. The van der Waals surface area contributed by atoms with Crippen LogP contribution in [0.3, 0.4) is 0 Å². The van der Waals surface area contributed by atoms with E-state index in [0.29, 0.717) is 6.42 Å². The van der Waals surface area contributed by atoms with Crippen molar-refractivity contribution in [1.82, 2.24) is 0 Å². The lowest BCUT2D eigenvalue weighted by Gasteiger charge is -2.13. The van der Waals surface area contributed by atoms with E-state index < -0.39 is 0 Å². The van der Waals surface area contributed by atoms with E-state index in [2.05, 4.69) is 0 Å². The highest BCUT2D eigenvalue weighted by atomic mass is 16.1. The minimum atomic E-state index is 0.0873. The maximum absolute atomic E-state index is 11.7. The van der Waals surface area contributed by atoms with Gasteiger partial charge in [0, 0.05) is 23.8 Å². The molecular weight excluding hydrogens is 176 g/mol. The van der Waals surface area contributed by atoms with Gasteiger partial charge in [0.15, 0.2) is 11.6 Å². The number of carbonyl (C=O) groups is 2. The highest BCUT2D eigenvalue weighted by Gasteiger charge is 2.46. The van der Waals surface area contributed by atoms with Crippen LogP contribution >= 0.6 is 0 Å². The van der Waals surface area contributed by atoms with E-state index in [-0.39, 0.29) is 23.4 Å². The zero-order chi connectivity index (χ0) is 9.87. The van der Waals surface area contributed by atoms with Gasteiger partial charge in [-0.3, -0.25) is 9.59 Å². The zero-order valence-electron chi connectivity index (χ0n) is 8.17. The quantitative estimate of drug-likeness (QED) is 0.581. The number of Topliss-reactive ketones (excluding diaryl/α,β-unsaturated/α-hetero) is 1. The van der Waals surface area contributed by atoms with Crippen LogP contribution in [-0.4, -0.2) is 11.6 Å². The van der Waals surface area contributed by atoms with Crippen LogP contribution in [0.4, 0.5) is 0 Å². The Bertz CT molecular complexity index is 412. The standard InChI is InChI=1S/C12H12O2/c1-6-4-10(14)8-5-7-2-3-9(13)12(7)11(6)8/h4,8,11H,2-3,5H2,1H3/t8-,11+/m0/s1. The Kier molecular flexibility index (Phi) is 1.42. The van der Waals surface area contributed by atoms with E-state index >= 15 is 0 Å². The third-order valence-electron chi connectivity index (χ3n) is 3.74. The van der Waals surface area contributed by atoms with Gasteiger partial charge in [0.2, 0.25) is 0 Å². The normalized spacial score (nSPS) is 35.1. The summed E-state index contributed by atoms with van der Waals surface area (Å²) in [4.78, 5) is 23.2. The number of hydrogen-bond acceptors (Lipinski definition) is 2. The molecule has 14 heavy (non-hydrogen) atoms. The highest BCUT2D eigenvalue weighted by Crippen LogP contribution is 2.50. The molecule has 0 aromatic rings. The Morgan fingerprint density at radius 2 is 2.07 bits per heavy atom. The average Bonchev–Trinajstić information content (AvgIpc) is 2.71. The molecule has 0 radical (unpaired) electrons. The number of fused-ring (bicyclic) bond motifs is 2. The van der Waals surface area contributed by atoms with Crippen LogP contribution in [0.1, 0.15) is 26.2 Å². The van der Waals surface area contributed by atoms with E-state index in [9.17, 15) is 9.59 Å². The minimum Gasteiger partial charge on any atom is -0.295 e. The van der Waals surface area contributed by atoms with Crippen LogP contribution in [0.15, 0.2) is 22.8 Å². The molecule has 0 saturated carbocycles. The molecule has 2 atom stereocenters. The number of allylic oxidation sites excluding steroid dienone is 4. The maximum atomic E-state index is 11.7. The Balaban J connectivity index is 2.08. The molecule has 0 saturated heterocycles. The van der Waals surface area contributed by atoms with E-state index in [4.69, 9.17) is 0 Å². The van der Waals surface area contributed by atoms with Crippen molar-refractivity contribution in [1.29, 1.82) is 0 Å². The Hall–Kier alpha value is -1.18. The molecule has 72 valence electrons. The molecule has 0 fully saturated rings. The maximum Gasteiger partial charge on any atom is 0.159 e. The molecule has 0 aromatic heterocycles. The number of ketones is 2. The second-order valence-corrected chi connectivity index (χ2v) is 4.52. The van der Waals surface area contributed by atoms with Crippen molar-refractivity contribution in [3.05, 3.63) is 22.8 Å². The predicted molar refractivity (Wildman–Crippen MR) is 51.6 cm³/mol. The summed E-state index contributed by atoms with van der Waals surface area (Å²) in [5, 5.41) is 0. The van der Waals surface area contributed by atoms with Gasteiger partial charge in [-0.05, 0) is 25.8 Å². The van der Waals surface area contributed by atoms with Gasteiger partial charge in [-0.2, -0.15) is 0 Å². The van der Waals surface area contributed by atoms with Gasteiger partial charge in [-0.1, -0.05) is 11.1 Å². The molecule has 2 heteroatoms. The third-order valence-corrected chi connectivity index (χ3v) is 3.74. The van der Waals surface area contributed by atoms with Crippen molar-refractivity contribution in [3.8, 4) is 0 Å². The van der Waals surface area contributed by atoms with Crippen molar-refractivity contribution in [2.45, 2.75) is 26.2 Å². The summed E-state index contributed by atoms with van der Waals surface area (Å²) in [5.41, 5.74) is 3.36. The first kappa shape index (κ1) is 8.16. The number of rotatable bonds is 0. The topological polar surface area (TPSA) is 34.1 Å². The SMILES string of the molecule is CC1=CC(=O)[C@@H]2CC3=C(C(=O)CC3)[C@H]12. The van der Waals surface area contributed by atoms with E-state index in [0.717, 1.165) is 24.0 Å². The highest BCUT2D eigenvalue weighted by molar-refractivity contribution is 6.06. The molecular formula is C12H12O2. The lowest BCUT2D eigenvalue weighted by atomic mass is 9.88. The summed E-state index contributed by atoms with van der Waals surface area (Å²) in [5.74, 6) is 0.765. The molecule has 3 aliphatic rings. The third kappa shape index (κ3) is 0.813. The first-order chi connectivity index (χ1) is 6.68. The molecule has 0 spiro atoms. The lowest BCUT2D eigenvalue weighted by molar-refractivity contribution is -0.118. The van der Waals surface area contributed by atoms with E-state index in [1.54, 1.807) is 6.08 Å². The minimum absolute atomic E-state index is 0.0873. The summed E-state index contributed by atoms with van der Waals surface area (Å²) < 4.78 is 0. The van der Waals surface area contributed by atoms with Crippen LogP contribution in [-0.2, 0) is 9.59 Å². The molecule has 0 aliphatic heterocycles. The number of hydrogen-bond donors (Lipinski definition) is 0. The fourth-order valence-corrected chi connectivity index (χ4v) is 3.15. The van der Waals surface area contributed by atoms with Gasteiger partial charge >= 0.3 is 0 Å². The van der Waals surface area contributed by atoms with Crippen molar-refractivity contribution < 1.29 is 9.59 Å². The summed E-state index contributed by atoms with van der Waals surface area (Å²) in [6, 6.07) is 0. The van der Waals surface area contributed by atoms with Crippen LogP contribution in [0, 0.1) is 11.8 Å². The molecule has 0 aromatic carbocycles. The lowest BCUT2D eigenvalue weighted by Crippen LogP contribution is -2.16. The zero-order valence-corrected chi connectivity index (χ0v) is 8.17. The van der Waals surface area contributed by atoms with Gasteiger partial charge in [0.25, 0.3) is 0 Å². The van der Waals surface area contributed by atoms with Crippen LogP contribution in [0.2, 0.25) is 0 Å². The Morgan fingerprint density at radius 1 is 1.29 bits per heavy atom. The molecule has 3 rings (SSSR count). The number of carbonyl (C=O) groups excluding carboxylic acids is 2. The fraction of sp³-hybridized carbons (Fsp3) is 0.500. The first-order valence-electron chi connectivity index (χ1n) is 5.15. The molecule has 0 N–H and O–H groups in total. The van der Waals surface area contributed by atoms with Crippen molar-refractivity contribution in [2.75, 3.05) is 0 Å². The second-order valence-electron chi connectivity index (χ2n) is 4.52. The predicted octanol–water partition coefficient (Wildman–Crippen LogP) is 1.81. The van der Waals surface area contributed by atoms with Crippen molar-refractivity contribution >= 4 is 11.6 Å². The molecule has 0 amide bonds. The van der Waals surface area contributed by atoms with Gasteiger partial charge in [0.1, 0.15) is 0 Å². The summed E-state index contributed by atoms with van der Waals surface area (Å²) in [7, 11) is 0. The molecule has 2 nitrogen and oxygen atoms in total. The molecule has 0 heterocycles. The molecule has 3 aliphatic carbocycles. The van der Waals surface area contributed by atoms with Crippen molar-refractivity contribution in [2.24, 2.45) is 11.8 Å². The van der Waals surface area contributed by atoms with Gasteiger partial charge in [0.05, 0.1) is 0 Å². The van der Waals surface area contributed by atoms with Crippen LogP contribution in [0.5, 0.6) is 0 Å². The second kappa shape index (κ2) is 2.44. The average molecular weight is 188 g/mol. The van der Waals surface area contributed by atoms with Crippen LogP contribution in [0.25, 0.3) is 0 Å². The molecule has 0 unspecified atom stereocenters. The summed E-state index contributed by atoms with van der Waals surface area (Å²) in [6.07, 6.45) is 4.15. The summed E-state index contributed by atoms with van der Waals surface area (Å²) >= 11 is 0. The van der Waals surface area contributed by atoms with Gasteiger partial charge in [-0.25, -0.2) is 0 Å². The Labute approximate surface area is 82.7 Å².